The zero-order valence-electron chi connectivity index (χ0n) is 5.05. The van der Waals surface area contributed by atoms with Crippen molar-refractivity contribution in [3.63, 3.8) is 0 Å². The van der Waals surface area contributed by atoms with Gasteiger partial charge in [-0.3, -0.25) is 0 Å². The average molecular weight is 392 g/mol. The minimum absolute atomic E-state index is 0. The van der Waals surface area contributed by atoms with Crippen molar-refractivity contribution in [2.45, 2.75) is 0 Å². The van der Waals surface area contributed by atoms with Gasteiger partial charge >= 0.3 is 94.2 Å². The van der Waals surface area contributed by atoms with Crippen LogP contribution in [0.15, 0.2) is 0 Å². The monoisotopic (exact) mass is 394 g/mol. The number of rotatable bonds is 2. The van der Waals surface area contributed by atoms with Crippen LogP contribution in [0.3, 0.4) is 0 Å². The molecule has 0 unspecified atom stereocenters. The molecular weight excluding hydrogens is 390 g/mol. The third kappa shape index (κ3) is 33.8. The fourth-order valence-electron chi connectivity index (χ4n) is 0. The Labute approximate surface area is 93.2 Å². The van der Waals surface area contributed by atoms with Gasteiger partial charge in [0, 0.05) is 0 Å². The predicted octanol–water partition coefficient (Wildman–Crippen LogP) is -3.88. The van der Waals surface area contributed by atoms with Gasteiger partial charge in [-0.1, -0.05) is 0 Å². The summed E-state index contributed by atoms with van der Waals surface area (Å²) in [5.74, 6) is 0. The molecule has 0 aromatic heterocycles. The van der Waals surface area contributed by atoms with Gasteiger partial charge in [0.25, 0.3) is 0 Å². The molecule has 60 valence electrons. The van der Waals surface area contributed by atoms with E-state index in [1.54, 1.807) is 0 Å². The number of hydrogen-bond acceptors (Lipinski definition) is 8. The van der Waals surface area contributed by atoms with E-state index in [0.717, 1.165) is 0 Å². The Balaban J connectivity index is -0.000000107. The first-order chi connectivity index (χ1) is 4.54. The average Bonchev–Trinajstić information content (AvgIpc) is 1.89. The van der Waals surface area contributed by atoms with Gasteiger partial charge in [-0.2, -0.15) is 0 Å². The van der Waals surface area contributed by atoms with Crippen LogP contribution >= 0.6 is 0 Å². The summed E-state index contributed by atoms with van der Waals surface area (Å²) in [6.07, 6.45) is 0. The molecule has 0 saturated heterocycles. The second-order valence-corrected chi connectivity index (χ2v) is 4.58. The van der Waals surface area contributed by atoms with Crippen LogP contribution in [-0.4, -0.2) is 74.7 Å². The Morgan fingerprint density at radius 3 is 1.09 bits per heavy atom. The first-order valence-corrected chi connectivity index (χ1v) is 8.58. The molecule has 0 aliphatic rings. The molecule has 0 fully saturated rings. The van der Waals surface area contributed by atoms with Crippen LogP contribution < -0.4 is 6.89 Å². The van der Waals surface area contributed by atoms with Crippen molar-refractivity contribution in [1.82, 2.24) is 0 Å². The van der Waals surface area contributed by atoms with Crippen molar-refractivity contribution in [3.8, 4) is 0 Å². The zero-order chi connectivity index (χ0) is 8.57. The van der Waals surface area contributed by atoms with E-state index in [0.29, 0.717) is 0 Å². The Kier molecular flexibility index (Phi) is 24.0. The molecule has 0 aromatic carbocycles. The van der Waals surface area contributed by atoms with Crippen molar-refractivity contribution >= 4 is 64.2 Å². The summed E-state index contributed by atoms with van der Waals surface area (Å²) in [5.41, 5.74) is 0. The Morgan fingerprint density at radius 2 is 1.09 bits per heavy atom. The van der Waals surface area contributed by atoms with E-state index in [-0.39, 0.29) is 23.1 Å². The second-order valence-electron chi connectivity index (χ2n) is 0.683. The second kappa shape index (κ2) is 14.3. The first kappa shape index (κ1) is 18.5. The zero-order valence-corrected chi connectivity index (χ0v) is 12.2. The Bertz CT molecular complexity index is 96.7. The van der Waals surface area contributed by atoms with E-state index in [1.807, 2.05) is 0 Å². The molecule has 8 nitrogen and oxygen atoms in total. The molecule has 0 atom stereocenters. The maximum atomic E-state index is 9.06. The molecule has 2 N–H and O–H groups in total. The molecule has 0 rings (SSSR count). The van der Waals surface area contributed by atoms with Crippen LogP contribution in [0, 0.1) is 0 Å². The van der Waals surface area contributed by atoms with Crippen LogP contribution in [0.4, 0.5) is 0 Å². The van der Waals surface area contributed by atoms with Crippen molar-refractivity contribution < 1.29 is 30.0 Å². The molecule has 0 saturated carbocycles. The summed E-state index contributed by atoms with van der Waals surface area (Å²) in [7, 11) is 0. The summed E-state index contributed by atoms with van der Waals surface area (Å²) in [4.78, 5) is 0. The number of hydrogen-bond donors (Lipinski definition) is 2. The van der Waals surface area contributed by atoms with Crippen LogP contribution in [0.2, 0.25) is 0 Å². The fraction of sp³-hybridized carbons (Fsp3) is 0. The fourth-order valence-corrected chi connectivity index (χ4v) is 0. The van der Waals surface area contributed by atoms with Gasteiger partial charge in [-0.05, 0) is 0 Å². The third-order valence-corrected chi connectivity index (χ3v) is 1.00. The van der Waals surface area contributed by atoms with E-state index in [2.05, 4.69) is 6.45 Å². The maximum absolute atomic E-state index is 9.06. The Morgan fingerprint density at radius 1 is 1.00 bits per heavy atom. The van der Waals surface area contributed by atoms with E-state index in [1.165, 1.54) is 0 Å². The summed E-state index contributed by atoms with van der Waals surface area (Å²) in [5, 5.41) is 14.2. The van der Waals surface area contributed by atoms with Crippen molar-refractivity contribution in [2.24, 2.45) is 0 Å². The molecule has 0 aliphatic heterocycles. The topological polar surface area (TPSA) is 139 Å². The molecule has 0 amide bonds. The minimum atomic E-state index is -4.02. The van der Waals surface area contributed by atoms with E-state index in [4.69, 9.17) is 23.6 Å². The first-order valence-electron chi connectivity index (χ1n) is 1.59. The summed E-state index contributed by atoms with van der Waals surface area (Å²) < 4.78 is 41.9. The van der Waals surface area contributed by atoms with E-state index >= 15 is 0 Å². The van der Waals surface area contributed by atoms with Crippen LogP contribution in [0.25, 0.3) is 0 Å². The predicted molar refractivity (Wildman–Crippen MR) is 26.1 cm³/mol. The molecule has 0 spiro atoms. The van der Waals surface area contributed by atoms with Crippen LogP contribution in [0.1, 0.15) is 0 Å². The van der Waals surface area contributed by atoms with Crippen molar-refractivity contribution in [3.05, 3.63) is 0 Å². The van der Waals surface area contributed by atoms with Crippen molar-refractivity contribution in [1.29, 1.82) is 0 Å². The van der Waals surface area contributed by atoms with Gasteiger partial charge in [-0.15, -0.1) is 0 Å². The molecule has 0 heterocycles. The molecule has 11 heavy (non-hydrogen) atoms. The van der Waals surface area contributed by atoms with Gasteiger partial charge in [0.2, 0.25) is 0 Å². The normalized spacial score (nSPS) is 6.91. The molecule has 0 radical (unpaired) electrons. The standard InChI is InChI=1S/Mg.2H2O2.4O.2Sn/c;2*1-2;;;;;;/h;2*1-2H;;;;;;/q+2;;;;;2*-1;2*+1/p-2. The molecule has 0 aliphatic carbocycles. The Hall–Kier alpha value is 1.72. The van der Waals surface area contributed by atoms with Gasteiger partial charge in [-0.25, -0.2) is 0 Å². The SMILES string of the molecule is [Mg+2].[O]=[Sn]([O-])[O]O.[O]=[Sn]([O-])[O]O. The van der Waals surface area contributed by atoms with E-state index in [9.17, 15) is 0 Å². The molecule has 0 aromatic rings. The molecule has 0 bridgehead atoms. The summed E-state index contributed by atoms with van der Waals surface area (Å²) in [6, 6.07) is 0. The summed E-state index contributed by atoms with van der Waals surface area (Å²) in [6.45, 7) is 0. The van der Waals surface area contributed by atoms with E-state index < -0.39 is 41.1 Å². The molecular formula is H2MgO8Sn2. The third-order valence-electron chi connectivity index (χ3n) is 0.149. The van der Waals surface area contributed by atoms with Crippen molar-refractivity contribution in [2.75, 3.05) is 0 Å². The van der Waals surface area contributed by atoms with Crippen LogP contribution in [0.5, 0.6) is 0 Å². The molecule has 11 heteroatoms. The van der Waals surface area contributed by atoms with Gasteiger partial charge < -0.3 is 0 Å². The van der Waals surface area contributed by atoms with Gasteiger partial charge in [0.1, 0.15) is 0 Å². The van der Waals surface area contributed by atoms with Crippen LogP contribution in [-0.2, 0) is 12.6 Å². The van der Waals surface area contributed by atoms with Gasteiger partial charge in [0.05, 0.1) is 0 Å². The van der Waals surface area contributed by atoms with Gasteiger partial charge in [0.15, 0.2) is 0 Å². The summed E-state index contributed by atoms with van der Waals surface area (Å²) >= 11 is -8.05. The quantitative estimate of drug-likeness (QED) is 0.277.